The van der Waals surface area contributed by atoms with Crippen molar-refractivity contribution in [1.82, 2.24) is 10.6 Å². The maximum absolute atomic E-state index is 12.1. The molecule has 0 spiro atoms. The van der Waals surface area contributed by atoms with Crippen molar-refractivity contribution in [1.29, 1.82) is 0 Å². The average Bonchev–Trinajstić information content (AvgIpc) is 3.00. The third-order valence-corrected chi connectivity index (χ3v) is 4.71. The lowest BCUT2D eigenvalue weighted by Gasteiger charge is -2.17. The third kappa shape index (κ3) is 4.31. The second-order valence-electron chi connectivity index (χ2n) is 6.63. The molecule has 3 N–H and O–H groups in total. The number of hydrogen-bond acceptors (Lipinski definition) is 4. The first-order valence-electron chi connectivity index (χ1n) is 9.08. The maximum Gasteiger partial charge on any atom is 0.407 e. The molecule has 2 aromatic rings. The molecule has 2 amide bonds. The first-order chi connectivity index (χ1) is 13.5. The van der Waals surface area contributed by atoms with E-state index in [2.05, 4.69) is 22.8 Å². The second kappa shape index (κ2) is 8.56. The maximum atomic E-state index is 12.1. The molecule has 1 aliphatic carbocycles. The van der Waals surface area contributed by atoms with Crippen molar-refractivity contribution >= 4 is 18.0 Å². The van der Waals surface area contributed by atoms with E-state index in [9.17, 15) is 14.4 Å². The molecule has 146 valence electrons. The molecule has 3 rings (SSSR count). The number of amides is 2. The Hall–Kier alpha value is -3.35. The molecule has 0 heterocycles. The van der Waals surface area contributed by atoms with Gasteiger partial charge in [0.25, 0.3) is 0 Å². The minimum Gasteiger partial charge on any atom is -0.481 e. The fraction of sp³-hybridized carbons (Fsp3) is 0.286. The average molecular weight is 382 g/mol. The Labute approximate surface area is 162 Å². The topological polar surface area (TPSA) is 105 Å². The third-order valence-electron chi connectivity index (χ3n) is 4.71. The summed E-state index contributed by atoms with van der Waals surface area (Å²) in [6.07, 6.45) is -0.869. The minimum atomic E-state index is -1.00. The van der Waals surface area contributed by atoms with Gasteiger partial charge in [-0.25, -0.2) is 4.79 Å². The van der Waals surface area contributed by atoms with Gasteiger partial charge in [-0.3, -0.25) is 9.59 Å². The molecule has 0 aromatic heterocycles. The Kier molecular flexibility index (Phi) is 5.93. The van der Waals surface area contributed by atoms with E-state index >= 15 is 0 Å². The molecule has 0 saturated carbocycles. The van der Waals surface area contributed by atoms with Crippen LogP contribution < -0.4 is 10.6 Å². The number of ether oxygens (including phenoxy) is 1. The van der Waals surface area contributed by atoms with Crippen molar-refractivity contribution in [3.05, 3.63) is 59.7 Å². The van der Waals surface area contributed by atoms with Crippen molar-refractivity contribution < 1.29 is 24.2 Å². The van der Waals surface area contributed by atoms with E-state index in [0.29, 0.717) is 0 Å². The van der Waals surface area contributed by atoms with E-state index in [0.717, 1.165) is 22.3 Å². The van der Waals surface area contributed by atoms with Crippen LogP contribution in [0.1, 0.15) is 30.4 Å². The van der Waals surface area contributed by atoms with E-state index in [4.69, 9.17) is 9.84 Å². The number of carboxylic acids is 1. The highest BCUT2D eigenvalue weighted by Crippen LogP contribution is 2.44. The summed E-state index contributed by atoms with van der Waals surface area (Å²) in [6, 6.07) is 15.2. The van der Waals surface area contributed by atoms with Crippen LogP contribution in [0.4, 0.5) is 4.79 Å². The van der Waals surface area contributed by atoms with Crippen LogP contribution in [0.2, 0.25) is 0 Å². The van der Waals surface area contributed by atoms with Gasteiger partial charge in [-0.1, -0.05) is 48.5 Å². The summed E-state index contributed by atoms with van der Waals surface area (Å²) < 4.78 is 5.38. The number of carboxylic acid groups (broad SMARTS) is 1. The molecular formula is C21H22N2O5. The number of benzene rings is 2. The highest BCUT2D eigenvalue weighted by Gasteiger charge is 2.29. The quantitative estimate of drug-likeness (QED) is 0.682. The van der Waals surface area contributed by atoms with Gasteiger partial charge in [0.1, 0.15) is 12.6 Å². The van der Waals surface area contributed by atoms with Gasteiger partial charge in [-0.15, -0.1) is 0 Å². The first-order valence-corrected chi connectivity index (χ1v) is 9.08. The fourth-order valence-electron chi connectivity index (χ4n) is 3.33. The standard InChI is InChI=1S/C21H22N2O5/c1-13(20(26)22-11-10-19(24)25)23-21(27)28-12-18-16-8-4-2-6-14(16)15-7-3-5-9-17(15)18/h2-9,13,18H,10-12H2,1H3,(H,22,26)(H,23,27)(H,24,25)/t13-/m0/s1. The lowest BCUT2D eigenvalue weighted by molar-refractivity contribution is -0.137. The second-order valence-corrected chi connectivity index (χ2v) is 6.63. The summed E-state index contributed by atoms with van der Waals surface area (Å²) in [5.74, 6) is -1.52. The van der Waals surface area contributed by atoms with Gasteiger partial charge in [-0.05, 0) is 29.2 Å². The molecule has 28 heavy (non-hydrogen) atoms. The minimum absolute atomic E-state index is 0.00484. The van der Waals surface area contributed by atoms with Crippen LogP contribution in [0, 0.1) is 0 Å². The van der Waals surface area contributed by atoms with E-state index < -0.39 is 24.0 Å². The van der Waals surface area contributed by atoms with Crippen LogP contribution in [0.15, 0.2) is 48.5 Å². The van der Waals surface area contributed by atoms with Crippen molar-refractivity contribution in [3.63, 3.8) is 0 Å². The zero-order valence-electron chi connectivity index (χ0n) is 15.5. The molecule has 0 aliphatic heterocycles. The van der Waals surface area contributed by atoms with Gasteiger partial charge < -0.3 is 20.5 Å². The van der Waals surface area contributed by atoms with Crippen LogP contribution in [0.25, 0.3) is 11.1 Å². The fourth-order valence-corrected chi connectivity index (χ4v) is 3.33. The molecule has 0 saturated heterocycles. The summed E-state index contributed by atoms with van der Waals surface area (Å²) in [5, 5.41) is 13.5. The Morgan fingerprint density at radius 2 is 1.61 bits per heavy atom. The number of hydrogen-bond donors (Lipinski definition) is 3. The van der Waals surface area contributed by atoms with E-state index in [1.807, 2.05) is 36.4 Å². The van der Waals surface area contributed by atoms with Crippen LogP contribution in [-0.2, 0) is 14.3 Å². The Balaban J connectivity index is 1.56. The summed E-state index contributed by atoms with van der Waals surface area (Å²) in [5.41, 5.74) is 4.49. The molecular weight excluding hydrogens is 360 g/mol. The number of rotatable bonds is 7. The Morgan fingerprint density at radius 1 is 1.04 bits per heavy atom. The zero-order valence-corrected chi connectivity index (χ0v) is 15.5. The molecule has 0 fully saturated rings. The molecule has 0 bridgehead atoms. The molecule has 7 nitrogen and oxygen atoms in total. The zero-order chi connectivity index (χ0) is 20.1. The molecule has 0 radical (unpaired) electrons. The Morgan fingerprint density at radius 3 is 2.18 bits per heavy atom. The van der Waals surface area contributed by atoms with Crippen LogP contribution >= 0.6 is 0 Å². The van der Waals surface area contributed by atoms with Crippen LogP contribution in [0.5, 0.6) is 0 Å². The molecule has 7 heteroatoms. The predicted molar refractivity (Wildman–Crippen MR) is 103 cm³/mol. The van der Waals surface area contributed by atoms with Crippen molar-refractivity contribution in [2.45, 2.75) is 25.3 Å². The lowest BCUT2D eigenvalue weighted by atomic mass is 9.98. The Bertz CT molecular complexity index is 850. The van der Waals surface area contributed by atoms with E-state index in [1.54, 1.807) is 0 Å². The van der Waals surface area contributed by atoms with Gasteiger partial charge in [-0.2, -0.15) is 0 Å². The van der Waals surface area contributed by atoms with Gasteiger partial charge in [0.05, 0.1) is 6.42 Å². The summed E-state index contributed by atoms with van der Waals surface area (Å²) in [6.45, 7) is 1.68. The van der Waals surface area contributed by atoms with Crippen LogP contribution in [0.3, 0.4) is 0 Å². The van der Waals surface area contributed by atoms with Gasteiger partial charge >= 0.3 is 12.1 Å². The summed E-state index contributed by atoms with van der Waals surface area (Å²) in [7, 11) is 0. The number of carbonyl (C=O) groups excluding carboxylic acids is 2. The molecule has 2 aromatic carbocycles. The van der Waals surface area contributed by atoms with Gasteiger partial charge in [0.2, 0.25) is 5.91 Å². The normalized spacial score (nSPS) is 13.2. The number of alkyl carbamates (subject to hydrolysis) is 1. The van der Waals surface area contributed by atoms with Gasteiger partial charge in [0, 0.05) is 12.5 Å². The first kappa shape index (κ1) is 19.4. The predicted octanol–water partition coefficient (Wildman–Crippen LogP) is 2.50. The van der Waals surface area contributed by atoms with Crippen molar-refractivity contribution in [2.75, 3.05) is 13.2 Å². The van der Waals surface area contributed by atoms with Crippen molar-refractivity contribution in [3.8, 4) is 11.1 Å². The highest BCUT2D eigenvalue weighted by molar-refractivity contribution is 5.85. The van der Waals surface area contributed by atoms with Crippen molar-refractivity contribution in [2.24, 2.45) is 0 Å². The number of fused-ring (bicyclic) bond motifs is 3. The molecule has 1 aliphatic rings. The SMILES string of the molecule is C[C@H](NC(=O)OCC1c2ccccc2-c2ccccc21)C(=O)NCCC(=O)O. The molecule has 1 atom stereocenters. The summed E-state index contributed by atoms with van der Waals surface area (Å²) in [4.78, 5) is 34.5. The number of nitrogens with one attached hydrogen (secondary N) is 2. The largest absolute Gasteiger partial charge is 0.481 e. The summed E-state index contributed by atoms with van der Waals surface area (Å²) >= 11 is 0. The number of aliphatic carboxylic acids is 1. The van der Waals surface area contributed by atoms with Gasteiger partial charge in [0.15, 0.2) is 0 Å². The molecule has 0 unspecified atom stereocenters. The van der Waals surface area contributed by atoms with Crippen LogP contribution in [-0.4, -0.2) is 42.3 Å². The smallest absolute Gasteiger partial charge is 0.407 e. The van der Waals surface area contributed by atoms with E-state index in [1.165, 1.54) is 6.92 Å². The van der Waals surface area contributed by atoms with E-state index in [-0.39, 0.29) is 25.5 Å². The number of carbonyl (C=O) groups is 3. The lowest BCUT2D eigenvalue weighted by Crippen LogP contribution is -2.45. The highest BCUT2D eigenvalue weighted by atomic mass is 16.5. The monoisotopic (exact) mass is 382 g/mol.